The maximum atomic E-state index is 14.4. The maximum Gasteiger partial charge on any atom is 0.173 e. The van der Waals surface area contributed by atoms with E-state index in [1.54, 1.807) is 6.07 Å². The molecule has 0 aliphatic carbocycles. The van der Waals surface area contributed by atoms with E-state index in [2.05, 4.69) is 31.0 Å². The van der Waals surface area contributed by atoms with Gasteiger partial charge in [-0.05, 0) is 30.0 Å². The molecule has 0 unspecified atom stereocenters. The maximum absolute atomic E-state index is 14.4. The normalized spacial score (nSPS) is 17.5. The van der Waals surface area contributed by atoms with Crippen LogP contribution in [-0.2, 0) is 0 Å². The average Bonchev–Trinajstić information content (AvgIpc) is 2.43. The molecule has 1 aromatic rings. The van der Waals surface area contributed by atoms with E-state index in [4.69, 9.17) is 16.3 Å². The number of nitrogens with zero attached hydrogens (tertiary/aromatic N) is 1. The third-order valence-corrected chi connectivity index (χ3v) is 4.24. The molecule has 1 saturated heterocycles. The molecule has 1 heterocycles. The molecule has 0 spiro atoms. The van der Waals surface area contributed by atoms with Gasteiger partial charge in [0, 0.05) is 32.2 Å². The third-order valence-electron chi connectivity index (χ3n) is 3.96. The van der Waals surface area contributed by atoms with Crippen LogP contribution in [0.5, 0.6) is 5.75 Å². The Hall–Kier alpha value is -0.550. The zero-order valence-corrected chi connectivity index (χ0v) is 15.9. The van der Waals surface area contributed by atoms with Crippen molar-refractivity contribution in [2.24, 2.45) is 5.41 Å². The first-order chi connectivity index (χ1) is 10.3. The number of piperazine rings is 1. The SMILES string of the molecule is CCOc1c(F)cc([C@H](N2CCNCC2)C(C)(C)C)cc1Cl.Cl. The molecular weight excluding hydrogens is 338 g/mol. The van der Waals surface area contributed by atoms with Crippen molar-refractivity contribution >= 4 is 24.0 Å². The van der Waals surface area contributed by atoms with Crippen LogP contribution < -0.4 is 10.1 Å². The van der Waals surface area contributed by atoms with Gasteiger partial charge in [-0.2, -0.15) is 0 Å². The molecule has 132 valence electrons. The van der Waals surface area contributed by atoms with Crippen LogP contribution in [0, 0.1) is 11.2 Å². The first kappa shape index (κ1) is 20.5. The zero-order chi connectivity index (χ0) is 16.3. The monoisotopic (exact) mass is 364 g/mol. The summed E-state index contributed by atoms with van der Waals surface area (Å²) in [5.74, 6) is -0.227. The van der Waals surface area contributed by atoms with Crippen LogP contribution >= 0.6 is 24.0 Å². The molecule has 1 aromatic carbocycles. The second kappa shape index (κ2) is 8.52. The lowest BCUT2D eigenvalue weighted by Gasteiger charge is -2.42. The highest BCUT2D eigenvalue weighted by atomic mass is 35.5. The van der Waals surface area contributed by atoms with Crippen LogP contribution in [0.1, 0.15) is 39.3 Å². The number of ether oxygens (including phenoxy) is 1. The number of hydrogen-bond acceptors (Lipinski definition) is 3. The summed E-state index contributed by atoms with van der Waals surface area (Å²) in [6.45, 7) is 12.6. The van der Waals surface area contributed by atoms with E-state index in [1.807, 2.05) is 13.0 Å². The smallest absolute Gasteiger partial charge is 0.173 e. The zero-order valence-electron chi connectivity index (χ0n) is 14.3. The predicted octanol–water partition coefficient (Wildman–Crippen LogP) is 4.29. The molecule has 1 atom stereocenters. The molecule has 0 amide bonds. The van der Waals surface area contributed by atoms with Crippen LogP contribution in [-0.4, -0.2) is 37.7 Å². The third kappa shape index (κ3) is 4.96. The van der Waals surface area contributed by atoms with Crippen LogP contribution in [0.15, 0.2) is 12.1 Å². The highest BCUT2D eigenvalue weighted by molar-refractivity contribution is 6.32. The van der Waals surface area contributed by atoms with Crippen molar-refractivity contribution in [3.8, 4) is 5.75 Å². The number of nitrogens with one attached hydrogen (secondary N) is 1. The molecule has 1 fully saturated rings. The van der Waals surface area contributed by atoms with Crippen molar-refractivity contribution in [1.82, 2.24) is 10.2 Å². The molecule has 6 heteroatoms. The molecule has 2 rings (SSSR count). The number of rotatable bonds is 4. The van der Waals surface area contributed by atoms with Gasteiger partial charge in [0.2, 0.25) is 0 Å². The van der Waals surface area contributed by atoms with E-state index in [0.717, 1.165) is 31.7 Å². The lowest BCUT2D eigenvalue weighted by Crippen LogP contribution is -2.48. The Labute approximate surface area is 149 Å². The van der Waals surface area contributed by atoms with Gasteiger partial charge in [-0.3, -0.25) is 4.90 Å². The van der Waals surface area contributed by atoms with Crippen LogP contribution in [0.2, 0.25) is 5.02 Å². The molecule has 0 bridgehead atoms. The Bertz CT molecular complexity index is 491. The van der Waals surface area contributed by atoms with Gasteiger partial charge < -0.3 is 10.1 Å². The predicted molar refractivity (Wildman–Crippen MR) is 96.5 cm³/mol. The molecule has 0 saturated carbocycles. The van der Waals surface area contributed by atoms with E-state index in [-0.39, 0.29) is 35.4 Å². The fourth-order valence-corrected chi connectivity index (χ4v) is 3.49. The Kier molecular flexibility index (Phi) is 7.59. The van der Waals surface area contributed by atoms with E-state index in [1.165, 1.54) is 0 Å². The van der Waals surface area contributed by atoms with Gasteiger partial charge in [0.25, 0.3) is 0 Å². The highest BCUT2D eigenvalue weighted by Crippen LogP contribution is 2.41. The first-order valence-corrected chi connectivity index (χ1v) is 8.29. The van der Waals surface area contributed by atoms with Crippen molar-refractivity contribution in [3.63, 3.8) is 0 Å². The number of halogens is 3. The minimum absolute atomic E-state index is 0. The lowest BCUT2D eigenvalue weighted by molar-refractivity contribution is 0.0859. The Morgan fingerprint density at radius 3 is 2.39 bits per heavy atom. The molecular formula is C17H27Cl2FN2O. The Balaban J connectivity index is 0.00000264. The summed E-state index contributed by atoms with van der Waals surface area (Å²) in [5.41, 5.74) is 0.903. The van der Waals surface area contributed by atoms with Gasteiger partial charge in [-0.25, -0.2) is 4.39 Å². The second-order valence-electron chi connectivity index (χ2n) is 6.80. The summed E-state index contributed by atoms with van der Waals surface area (Å²) in [6, 6.07) is 3.56. The summed E-state index contributed by atoms with van der Waals surface area (Å²) in [6.07, 6.45) is 0. The van der Waals surface area contributed by atoms with Crippen LogP contribution in [0.4, 0.5) is 4.39 Å². The molecule has 0 aromatic heterocycles. The van der Waals surface area contributed by atoms with E-state index >= 15 is 0 Å². The van der Waals surface area contributed by atoms with Crippen LogP contribution in [0.3, 0.4) is 0 Å². The van der Waals surface area contributed by atoms with Gasteiger partial charge >= 0.3 is 0 Å². The van der Waals surface area contributed by atoms with Gasteiger partial charge in [0.15, 0.2) is 11.6 Å². The lowest BCUT2D eigenvalue weighted by atomic mass is 9.81. The number of benzene rings is 1. The van der Waals surface area contributed by atoms with Gasteiger partial charge in [0.05, 0.1) is 11.6 Å². The topological polar surface area (TPSA) is 24.5 Å². The van der Waals surface area contributed by atoms with Crippen LogP contribution in [0.25, 0.3) is 0 Å². The molecule has 1 aliphatic rings. The molecule has 3 nitrogen and oxygen atoms in total. The van der Waals surface area contributed by atoms with Crippen molar-refractivity contribution in [3.05, 3.63) is 28.5 Å². The summed E-state index contributed by atoms with van der Waals surface area (Å²) < 4.78 is 19.7. The van der Waals surface area contributed by atoms with E-state index in [0.29, 0.717) is 11.6 Å². The van der Waals surface area contributed by atoms with Gasteiger partial charge in [0.1, 0.15) is 0 Å². The Morgan fingerprint density at radius 1 is 1.30 bits per heavy atom. The van der Waals surface area contributed by atoms with Crippen molar-refractivity contribution < 1.29 is 9.13 Å². The van der Waals surface area contributed by atoms with Crippen molar-refractivity contribution in [2.45, 2.75) is 33.7 Å². The standard InChI is InChI=1S/C17H26ClFN2O.ClH/c1-5-22-15-13(18)10-12(11-14(15)19)16(17(2,3)4)21-8-6-20-7-9-21;/h10-11,16,20H,5-9H2,1-4H3;1H/t16-;/m0./s1. The summed E-state index contributed by atoms with van der Waals surface area (Å²) >= 11 is 6.25. The summed E-state index contributed by atoms with van der Waals surface area (Å²) in [7, 11) is 0. The van der Waals surface area contributed by atoms with E-state index in [9.17, 15) is 4.39 Å². The van der Waals surface area contributed by atoms with Gasteiger partial charge in [-0.1, -0.05) is 32.4 Å². The fourth-order valence-electron chi connectivity index (χ4n) is 3.22. The first-order valence-electron chi connectivity index (χ1n) is 7.91. The average molecular weight is 365 g/mol. The molecule has 23 heavy (non-hydrogen) atoms. The quantitative estimate of drug-likeness (QED) is 0.862. The summed E-state index contributed by atoms with van der Waals surface area (Å²) in [5, 5.41) is 3.71. The number of hydrogen-bond donors (Lipinski definition) is 1. The largest absolute Gasteiger partial charge is 0.489 e. The van der Waals surface area contributed by atoms with Crippen molar-refractivity contribution in [2.75, 3.05) is 32.8 Å². The summed E-state index contributed by atoms with van der Waals surface area (Å²) in [4.78, 5) is 2.40. The minimum Gasteiger partial charge on any atom is -0.489 e. The molecule has 0 radical (unpaired) electrons. The minimum atomic E-state index is -0.381. The highest BCUT2D eigenvalue weighted by Gasteiger charge is 2.33. The molecule has 1 aliphatic heterocycles. The Morgan fingerprint density at radius 2 is 1.91 bits per heavy atom. The molecule has 1 N–H and O–H groups in total. The van der Waals surface area contributed by atoms with Crippen molar-refractivity contribution in [1.29, 1.82) is 0 Å². The van der Waals surface area contributed by atoms with Gasteiger partial charge in [-0.15, -0.1) is 12.4 Å². The second-order valence-corrected chi connectivity index (χ2v) is 7.21. The fraction of sp³-hybridized carbons (Fsp3) is 0.647. The van der Waals surface area contributed by atoms with E-state index < -0.39 is 0 Å².